The minimum atomic E-state index is -0.240. The highest BCUT2D eigenvalue weighted by Crippen LogP contribution is 2.18. The number of hydrogen-bond donors (Lipinski definition) is 3. The number of hydrogen-bond acceptors (Lipinski definition) is 5. The molecule has 1 aromatic heterocycles. The highest BCUT2D eigenvalue weighted by atomic mass is 35.5. The molecule has 1 heterocycles. The van der Waals surface area contributed by atoms with Gasteiger partial charge in [-0.1, -0.05) is 25.4 Å². The van der Waals surface area contributed by atoms with Gasteiger partial charge in [0.25, 0.3) is 5.91 Å². The van der Waals surface area contributed by atoms with Gasteiger partial charge in [-0.15, -0.1) is 0 Å². The van der Waals surface area contributed by atoms with E-state index in [0.717, 1.165) is 6.42 Å². The van der Waals surface area contributed by atoms with Crippen LogP contribution in [0.5, 0.6) is 0 Å². The number of halogens is 1. The number of pyridine rings is 1. The maximum atomic E-state index is 11.8. The summed E-state index contributed by atoms with van der Waals surface area (Å²) in [5.74, 6) is 5.92. The first kappa shape index (κ1) is 16.7. The van der Waals surface area contributed by atoms with Gasteiger partial charge in [-0.25, -0.2) is 10.8 Å². The van der Waals surface area contributed by atoms with Crippen molar-refractivity contribution in [3.63, 3.8) is 0 Å². The van der Waals surface area contributed by atoms with Gasteiger partial charge in [0.1, 0.15) is 0 Å². The molecule has 0 fully saturated rings. The highest BCUT2D eigenvalue weighted by Gasteiger charge is 2.08. The molecule has 4 N–H and O–H groups in total. The van der Waals surface area contributed by atoms with Crippen molar-refractivity contribution in [3.8, 4) is 0 Å². The van der Waals surface area contributed by atoms with Crippen LogP contribution >= 0.6 is 11.6 Å². The number of hydrazine groups is 1. The SMILES string of the molecule is CC(C)CCOCCNC(=O)c1cnc(NN)c(Cl)c1. The lowest BCUT2D eigenvalue weighted by Crippen LogP contribution is -2.27. The Labute approximate surface area is 124 Å². The fourth-order valence-electron chi connectivity index (χ4n) is 1.43. The number of amides is 1. The molecule has 1 rings (SSSR count). The number of nitrogens with one attached hydrogen (secondary N) is 2. The zero-order valence-corrected chi connectivity index (χ0v) is 12.5. The quantitative estimate of drug-likeness (QED) is 0.387. The van der Waals surface area contributed by atoms with Gasteiger partial charge >= 0.3 is 0 Å². The lowest BCUT2D eigenvalue weighted by molar-refractivity contribution is 0.0905. The van der Waals surface area contributed by atoms with E-state index in [-0.39, 0.29) is 5.91 Å². The van der Waals surface area contributed by atoms with Gasteiger partial charge in [-0.3, -0.25) is 4.79 Å². The molecule has 7 heteroatoms. The number of nitrogens with two attached hydrogens (primary N) is 1. The van der Waals surface area contributed by atoms with Crippen LogP contribution in [-0.2, 0) is 4.74 Å². The summed E-state index contributed by atoms with van der Waals surface area (Å²) in [6, 6.07) is 1.51. The molecule has 0 radical (unpaired) electrons. The van der Waals surface area contributed by atoms with Crippen LogP contribution in [0.1, 0.15) is 30.6 Å². The maximum Gasteiger partial charge on any atom is 0.252 e. The molecule has 112 valence electrons. The number of carbonyl (C=O) groups is 1. The van der Waals surface area contributed by atoms with Crippen molar-refractivity contribution >= 4 is 23.3 Å². The molecule has 0 aliphatic carbocycles. The fraction of sp³-hybridized carbons (Fsp3) is 0.538. The Morgan fingerprint density at radius 2 is 2.25 bits per heavy atom. The molecule has 0 aliphatic heterocycles. The second kappa shape index (κ2) is 8.73. The molecule has 0 bridgehead atoms. The van der Waals surface area contributed by atoms with E-state index >= 15 is 0 Å². The van der Waals surface area contributed by atoms with Crippen LogP contribution in [0.25, 0.3) is 0 Å². The minimum absolute atomic E-state index is 0.240. The van der Waals surface area contributed by atoms with E-state index in [1.807, 2.05) is 0 Å². The monoisotopic (exact) mass is 300 g/mol. The van der Waals surface area contributed by atoms with E-state index < -0.39 is 0 Å². The first-order valence-corrected chi connectivity index (χ1v) is 6.90. The van der Waals surface area contributed by atoms with Crippen molar-refractivity contribution < 1.29 is 9.53 Å². The van der Waals surface area contributed by atoms with E-state index in [1.54, 1.807) is 0 Å². The predicted octanol–water partition coefficient (Wildman–Crippen LogP) is 1.81. The molecule has 0 saturated heterocycles. The highest BCUT2D eigenvalue weighted by molar-refractivity contribution is 6.33. The smallest absolute Gasteiger partial charge is 0.252 e. The average molecular weight is 301 g/mol. The number of nitrogen functional groups attached to an aromatic ring is 1. The second-order valence-corrected chi connectivity index (χ2v) is 5.16. The van der Waals surface area contributed by atoms with E-state index in [1.165, 1.54) is 12.3 Å². The third-order valence-corrected chi connectivity index (χ3v) is 2.90. The summed E-state index contributed by atoms with van der Waals surface area (Å²) in [6.45, 7) is 5.93. The molecule has 0 unspecified atom stereocenters. The van der Waals surface area contributed by atoms with Crippen molar-refractivity contribution in [1.82, 2.24) is 10.3 Å². The number of ether oxygens (including phenoxy) is 1. The van der Waals surface area contributed by atoms with Crippen molar-refractivity contribution in [2.45, 2.75) is 20.3 Å². The Hall–Kier alpha value is -1.37. The number of carbonyl (C=O) groups excluding carboxylic acids is 1. The van der Waals surface area contributed by atoms with Crippen molar-refractivity contribution in [2.75, 3.05) is 25.2 Å². The maximum absolute atomic E-state index is 11.8. The largest absolute Gasteiger partial charge is 0.380 e. The van der Waals surface area contributed by atoms with E-state index in [2.05, 4.69) is 29.6 Å². The van der Waals surface area contributed by atoms with E-state index in [9.17, 15) is 4.79 Å². The van der Waals surface area contributed by atoms with Crippen LogP contribution in [-0.4, -0.2) is 30.6 Å². The Morgan fingerprint density at radius 3 is 2.85 bits per heavy atom. The normalized spacial score (nSPS) is 10.7. The Bertz CT molecular complexity index is 440. The molecule has 20 heavy (non-hydrogen) atoms. The van der Waals surface area contributed by atoms with Crippen LogP contribution in [0, 0.1) is 5.92 Å². The summed E-state index contributed by atoms with van der Waals surface area (Å²) in [4.78, 5) is 15.8. The Morgan fingerprint density at radius 1 is 1.50 bits per heavy atom. The lowest BCUT2D eigenvalue weighted by Gasteiger charge is -2.08. The summed E-state index contributed by atoms with van der Waals surface area (Å²) in [6.07, 6.45) is 2.43. The minimum Gasteiger partial charge on any atom is -0.380 e. The summed E-state index contributed by atoms with van der Waals surface area (Å²) in [7, 11) is 0. The molecule has 0 atom stereocenters. The predicted molar refractivity (Wildman–Crippen MR) is 79.7 cm³/mol. The zero-order chi connectivity index (χ0) is 15.0. The van der Waals surface area contributed by atoms with Crippen LogP contribution < -0.4 is 16.6 Å². The Kier molecular flexibility index (Phi) is 7.28. The number of nitrogens with zero attached hydrogens (tertiary/aromatic N) is 1. The molecule has 0 aromatic carbocycles. The lowest BCUT2D eigenvalue weighted by atomic mass is 10.1. The molecule has 0 spiro atoms. The van der Waals surface area contributed by atoms with Crippen molar-refractivity contribution in [3.05, 3.63) is 22.8 Å². The van der Waals surface area contributed by atoms with Gasteiger partial charge in [-0.2, -0.15) is 0 Å². The summed E-state index contributed by atoms with van der Waals surface area (Å²) >= 11 is 5.90. The second-order valence-electron chi connectivity index (χ2n) is 4.75. The zero-order valence-electron chi connectivity index (χ0n) is 11.8. The van der Waals surface area contributed by atoms with Crippen LogP contribution in [0.15, 0.2) is 12.3 Å². The molecule has 1 amide bonds. The van der Waals surface area contributed by atoms with Crippen LogP contribution in [0.2, 0.25) is 5.02 Å². The molecule has 6 nitrogen and oxygen atoms in total. The van der Waals surface area contributed by atoms with Crippen LogP contribution in [0.3, 0.4) is 0 Å². The van der Waals surface area contributed by atoms with Gasteiger partial charge in [-0.05, 0) is 18.4 Å². The van der Waals surface area contributed by atoms with Gasteiger partial charge in [0, 0.05) is 19.3 Å². The van der Waals surface area contributed by atoms with Gasteiger partial charge < -0.3 is 15.5 Å². The molecule has 1 aromatic rings. The third kappa shape index (κ3) is 5.73. The summed E-state index contributed by atoms with van der Waals surface area (Å²) in [5, 5.41) is 3.04. The van der Waals surface area contributed by atoms with Gasteiger partial charge in [0.05, 0.1) is 17.2 Å². The molecular weight excluding hydrogens is 280 g/mol. The first-order chi connectivity index (χ1) is 9.54. The topological polar surface area (TPSA) is 89.3 Å². The van der Waals surface area contributed by atoms with Crippen molar-refractivity contribution in [1.29, 1.82) is 0 Å². The van der Waals surface area contributed by atoms with Crippen LogP contribution in [0.4, 0.5) is 5.82 Å². The number of anilines is 1. The molecule has 0 aliphatic rings. The Balaban J connectivity index is 2.31. The fourth-order valence-corrected chi connectivity index (χ4v) is 1.65. The standard InChI is InChI=1S/C13H21ClN4O2/c1-9(2)3-5-20-6-4-16-13(19)10-7-11(14)12(18-15)17-8-10/h7-9H,3-6,15H2,1-2H3,(H,16,19)(H,17,18). The van der Waals surface area contributed by atoms with E-state index in [0.29, 0.717) is 42.1 Å². The number of rotatable bonds is 8. The summed E-state index contributed by atoms with van der Waals surface area (Å²) < 4.78 is 5.41. The van der Waals surface area contributed by atoms with Crippen molar-refractivity contribution in [2.24, 2.45) is 11.8 Å². The molecule has 0 saturated carbocycles. The van der Waals surface area contributed by atoms with E-state index in [4.69, 9.17) is 22.2 Å². The van der Waals surface area contributed by atoms with Gasteiger partial charge in [0.15, 0.2) is 5.82 Å². The summed E-state index contributed by atoms with van der Waals surface area (Å²) in [5.41, 5.74) is 2.73. The number of aromatic nitrogens is 1. The van der Waals surface area contributed by atoms with Gasteiger partial charge in [0.2, 0.25) is 0 Å². The first-order valence-electron chi connectivity index (χ1n) is 6.52. The third-order valence-electron chi connectivity index (χ3n) is 2.61. The average Bonchev–Trinajstić information content (AvgIpc) is 2.42. The molecular formula is C13H21ClN4O2.